The first-order valence-corrected chi connectivity index (χ1v) is 8.63. The van der Waals surface area contributed by atoms with Crippen LogP contribution in [0.1, 0.15) is 26.3 Å². The zero-order valence-corrected chi connectivity index (χ0v) is 15.5. The number of ether oxygens (including phenoxy) is 2. The lowest BCUT2D eigenvalue weighted by Gasteiger charge is -2.26. The monoisotopic (exact) mass is 389 g/mol. The molecule has 1 aliphatic rings. The molecule has 0 aliphatic carbocycles. The van der Waals surface area contributed by atoms with Gasteiger partial charge in [0.2, 0.25) is 6.10 Å². The Bertz CT molecular complexity index is 767. The van der Waals surface area contributed by atoms with Gasteiger partial charge in [-0.15, -0.1) is 0 Å². The quantitative estimate of drug-likeness (QED) is 0.820. The maximum atomic E-state index is 12.5. The van der Waals surface area contributed by atoms with Crippen LogP contribution in [0.2, 0.25) is 0 Å². The lowest BCUT2D eigenvalue weighted by Crippen LogP contribution is -2.40. The standard InChI is InChI=1S/C19H20BrNO3/c1-19(2,3)12-8-9-14(13(20)10-12)21-18(22)17-11-23-15-6-4-5-7-16(15)24-17/h4-10,17H,11H2,1-3H3,(H,21,22). The highest BCUT2D eigenvalue weighted by molar-refractivity contribution is 9.10. The predicted molar refractivity (Wildman–Crippen MR) is 97.8 cm³/mol. The van der Waals surface area contributed by atoms with E-state index in [-0.39, 0.29) is 17.9 Å². The highest BCUT2D eigenvalue weighted by Crippen LogP contribution is 2.32. The van der Waals surface area contributed by atoms with Crippen LogP contribution in [0, 0.1) is 0 Å². The van der Waals surface area contributed by atoms with Crippen molar-refractivity contribution in [2.75, 3.05) is 11.9 Å². The molecule has 1 unspecified atom stereocenters. The first-order chi connectivity index (χ1) is 11.3. The Hall–Kier alpha value is -2.01. The van der Waals surface area contributed by atoms with Crippen molar-refractivity contribution in [3.8, 4) is 11.5 Å². The Morgan fingerprint density at radius 1 is 1.17 bits per heavy atom. The number of nitrogens with one attached hydrogen (secondary N) is 1. The third kappa shape index (κ3) is 3.56. The third-order valence-corrected chi connectivity index (χ3v) is 4.55. The molecule has 0 bridgehead atoms. The molecule has 0 spiro atoms. The lowest BCUT2D eigenvalue weighted by atomic mass is 9.87. The number of carbonyl (C=O) groups is 1. The molecule has 0 radical (unpaired) electrons. The largest absolute Gasteiger partial charge is 0.485 e. The molecule has 3 rings (SSSR count). The Morgan fingerprint density at radius 2 is 1.88 bits per heavy atom. The Morgan fingerprint density at radius 3 is 2.54 bits per heavy atom. The third-order valence-electron chi connectivity index (χ3n) is 3.89. The molecular weight excluding hydrogens is 370 g/mol. The van der Waals surface area contributed by atoms with E-state index in [1.807, 2.05) is 36.4 Å². The number of anilines is 1. The van der Waals surface area contributed by atoms with Gasteiger partial charge in [-0.2, -0.15) is 0 Å². The normalized spacial score (nSPS) is 16.6. The van der Waals surface area contributed by atoms with Crippen molar-refractivity contribution < 1.29 is 14.3 Å². The molecule has 4 nitrogen and oxygen atoms in total. The summed E-state index contributed by atoms with van der Waals surface area (Å²) in [6.07, 6.45) is -0.672. The van der Waals surface area contributed by atoms with Crippen molar-refractivity contribution in [3.05, 3.63) is 52.5 Å². The molecular formula is C19H20BrNO3. The summed E-state index contributed by atoms with van der Waals surface area (Å²) < 4.78 is 12.2. The average molecular weight is 390 g/mol. The number of hydrogen-bond donors (Lipinski definition) is 1. The summed E-state index contributed by atoms with van der Waals surface area (Å²) in [5.74, 6) is 1.03. The number of fused-ring (bicyclic) bond motifs is 1. The second-order valence-corrected chi connectivity index (χ2v) is 7.65. The van der Waals surface area contributed by atoms with Gasteiger partial charge in [0.25, 0.3) is 5.91 Å². The fourth-order valence-corrected chi connectivity index (χ4v) is 2.92. The summed E-state index contributed by atoms with van der Waals surface area (Å²) >= 11 is 3.53. The van der Waals surface area contributed by atoms with Crippen LogP contribution >= 0.6 is 15.9 Å². The predicted octanol–water partition coefficient (Wildman–Crippen LogP) is 4.53. The minimum Gasteiger partial charge on any atom is -0.485 e. The van der Waals surface area contributed by atoms with E-state index < -0.39 is 6.10 Å². The van der Waals surface area contributed by atoms with Gasteiger partial charge in [-0.25, -0.2) is 0 Å². The van der Waals surface area contributed by atoms with E-state index >= 15 is 0 Å². The number of para-hydroxylation sites is 2. The highest BCUT2D eigenvalue weighted by atomic mass is 79.9. The molecule has 1 aliphatic heterocycles. The minimum absolute atomic E-state index is 0.0507. The topological polar surface area (TPSA) is 47.6 Å². The summed E-state index contributed by atoms with van der Waals surface area (Å²) in [5, 5.41) is 2.90. The van der Waals surface area contributed by atoms with Crippen LogP contribution < -0.4 is 14.8 Å². The highest BCUT2D eigenvalue weighted by Gasteiger charge is 2.27. The van der Waals surface area contributed by atoms with Crippen molar-refractivity contribution >= 4 is 27.5 Å². The average Bonchev–Trinajstić information content (AvgIpc) is 2.55. The zero-order valence-electron chi connectivity index (χ0n) is 13.9. The van der Waals surface area contributed by atoms with Crippen LogP contribution in [0.15, 0.2) is 46.9 Å². The Kier molecular flexibility index (Phi) is 4.54. The molecule has 5 heteroatoms. The molecule has 0 saturated carbocycles. The molecule has 0 fully saturated rings. The molecule has 1 atom stereocenters. The van der Waals surface area contributed by atoms with Crippen LogP contribution in [-0.4, -0.2) is 18.6 Å². The molecule has 126 valence electrons. The van der Waals surface area contributed by atoms with E-state index in [1.165, 1.54) is 5.56 Å². The maximum absolute atomic E-state index is 12.5. The molecule has 1 amide bonds. The van der Waals surface area contributed by atoms with Gasteiger partial charge >= 0.3 is 0 Å². The van der Waals surface area contributed by atoms with Gasteiger partial charge in [-0.1, -0.05) is 39.0 Å². The molecule has 24 heavy (non-hydrogen) atoms. The van der Waals surface area contributed by atoms with Gasteiger partial charge in [-0.05, 0) is 51.2 Å². The second kappa shape index (κ2) is 6.48. The first kappa shape index (κ1) is 16.8. The Balaban J connectivity index is 1.72. The van der Waals surface area contributed by atoms with Crippen LogP contribution in [0.4, 0.5) is 5.69 Å². The van der Waals surface area contributed by atoms with E-state index in [9.17, 15) is 4.79 Å². The number of benzene rings is 2. The van der Waals surface area contributed by atoms with Crippen LogP contribution in [0.25, 0.3) is 0 Å². The second-order valence-electron chi connectivity index (χ2n) is 6.80. The molecule has 2 aromatic rings. The van der Waals surface area contributed by atoms with Gasteiger partial charge in [0.1, 0.15) is 6.61 Å². The molecule has 1 N–H and O–H groups in total. The first-order valence-electron chi connectivity index (χ1n) is 7.84. The van der Waals surface area contributed by atoms with Gasteiger partial charge in [0, 0.05) is 4.47 Å². The number of hydrogen-bond acceptors (Lipinski definition) is 3. The molecule has 1 heterocycles. The van der Waals surface area contributed by atoms with Gasteiger partial charge in [-0.3, -0.25) is 4.79 Å². The molecule has 0 aromatic heterocycles. The van der Waals surface area contributed by atoms with Crippen LogP contribution in [-0.2, 0) is 10.2 Å². The zero-order chi connectivity index (χ0) is 17.3. The van der Waals surface area contributed by atoms with Crippen LogP contribution in [0.3, 0.4) is 0 Å². The lowest BCUT2D eigenvalue weighted by molar-refractivity contribution is -0.125. The number of amides is 1. The van der Waals surface area contributed by atoms with E-state index in [0.29, 0.717) is 11.5 Å². The van der Waals surface area contributed by atoms with Crippen molar-refractivity contribution in [1.82, 2.24) is 0 Å². The van der Waals surface area contributed by atoms with E-state index in [0.717, 1.165) is 10.2 Å². The van der Waals surface area contributed by atoms with Crippen LogP contribution in [0.5, 0.6) is 11.5 Å². The van der Waals surface area contributed by atoms with Gasteiger partial charge in [0.15, 0.2) is 11.5 Å². The van der Waals surface area contributed by atoms with E-state index in [4.69, 9.17) is 9.47 Å². The van der Waals surface area contributed by atoms with Crippen molar-refractivity contribution in [3.63, 3.8) is 0 Å². The van der Waals surface area contributed by atoms with E-state index in [1.54, 1.807) is 6.07 Å². The van der Waals surface area contributed by atoms with E-state index in [2.05, 4.69) is 42.0 Å². The van der Waals surface area contributed by atoms with Crippen molar-refractivity contribution in [1.29, 1.82) is 0 Å². The summed E-state index contributed by atoms with van der Waals surface area (Å²) in [4.78, 5) is 12.5. The minimum atomic E-state index is -0.672. The maximum Gasteiger partial charge on any atom is 0.269 e. The fraction of sp³-hybridized carbons (Fsp3) is 0.316. The molecule has 2 aromatic carbocycles. The summed E-state index contributed by atoms with van der Waals surface area (Å²) in [6, 6.07) is 13.3. The number of carbonyl (C=O) groups excluding carboxylic acids is 1. The Labute approximate surface area is 150 Å². The van der Waals surface area contributed by atoms with Gasteiger partial charge < -0.3 is 14.8 Å². The summed E-state index contributed by atoms with van der Waals surface area (Å²) in [7, 11) is 0. The number of halogens is 1. The molecule has 0 saturated heterocycles. The van der Waals surface area contributed by atoms with Crippen molar-refractivity contribution in [2.24, 2.45) is 0 Å². The summed E-state index contributed by atoms with van der Waals surface area (Å²) in [5.41, 5.74) is 1.96. The van der Waals surface area contributed by atoms with Crippen molar-refractivity contribution in [2.45, 2.75) is 32.3 Å². The SMILES string of the molecule is CC(C)(C)c1ccc(NC(=O)C2COc3ccccc3O2)c(Br)c1. The fourth-order valence-electron chi connectivity index (χ4n) is 2.44. The number of rotatable bonds is 2. The van der Waals surface area contributed by atoms with Gasteiger partial charge in [0.05, 0.1) is 5.69 Å². The summed E-state index contributed by atoms with van der Waals surface area (Å²) in [6.45, 7) is 6.65. The smallest absolute Gasteiger partial charge is 0.269 e.